The van der Waals surface area contributed by atoms with E-state index in [-0.39, 0.29) is 0 Å². The third-order valence-corrected chi connectivity index (χ3v) is 15.3. The first-order valence-corrected chi connectivity index (χ1v) is 14.9. The van der Waals surface area contributed by atoms with Crippen LogP contribution in [0.25, 0.3) is 0 Å². The lowest BCUT2D eigenvalue weighted by molar-refractivity contribution is -0.378. The van der Waals surface area contributed by atoms with Crippen LogP contribution in [0.5, 0.6) is 0 Å². The van der Waals surface area contributed by atoms with Gasteiger partial charge in [0.25, 0.3) is 0 Å². The maximum atomic E-state index is 10.4. The molecule has 9 aliphatic carbocycles. The van der Waals surface area contributed by atoms with Crippen LogP contribution in [0.2, 0.25) is 0 Å². The van der Waals surface area contributed by atoms with Crippen molar-refractivity contribution < 1.29 is 10.2 Å². The van der Waals surface area contributed by atoms with Crippen LogP contribution in [0, 0.1) is 81.8 Å². The SMILES string of the molecule is CN(C)c1ccc2c(c1)[C@@H]1C[C@H]2[C@@H]2[C@H]1[C@@]1(C)[C@@H]3[C@@H]4C[C@@H]([C@H]5[C@H]6CC[C@H]([C@@H](CO)[C@@H]6CO)[C@@H]45)[C@@H]3[C@@]21C. The Hall–Kier alpha value is -1.06. The Morgan fingerprint density at radius 1 is 0.743 bits per heavy atom. The van der Waals surface area contributed by atoms with Crippen molar-refractivity contribution in [3.8, 4) is 0 Å². The molecule has 0 heterocycles. The van der Waals surface area contributed by atoms with Gasteiger partial charge >= 0.3 is 0 Å². The Labute approximate surface area is 210 Å². The van der Waals surface area contributed by atoms with E-state index in [0.717, 1.165) is 59.2 Å². The van der Waals surface area contributed by atoms with E-state index >= 15 is 0 Å². The van der Waals surface area contributed by atoms with E-state index in [1.54, 1.807) is 11.1 Å². The van der Waals surface area contributed by atoms with Crippen LogP contribution in [-0.4, -0.2) is 37.5 Å². The second kappa shape index (κ2) is 6.15. The molecule has 6 bridgehead atoms. The maximum Gasteiger partial charge on any atom is 0.0465 e. The van der Waals surface area contributed by atoms with Crippen molar-refractivity contribution in [2.75, 3.05) is 32.2 Å². The van der Waals surface area contributed by atoms with E-state index in [0.29, 0.717) is 47.7 Å². The van der Waals surface area contributed by atoms with Crippen molar-refractivity contribution in [1.29, 1.82) is 0 Å². The normalized spacial score (nSPS) is 60.9. The molecular weight excluding hydrogens is 430 g/mol. The minimum atomic E-state index is 0.301. The predicted molar refractivity (Wildman–Crippen MR) is 137 cm³/mol. The molecule has 35 heavy (non-hydrogen) atoms. The Morgan fingerprint density at radius 3 is 1.80 bits per heavy atom. The maximum absolute atomic E-state index is 10.4. The molecule has 10 rings (SSSR count). The molecule has 0 saturated heterocycles. The third kappa shape index (κ3) is 1.87. The van der Waals surface area contributed by atoms with Gasteiger partial charge in [0.2, 0.25) is 0 Å². The van der Waals surface area contributed by atoms with Gasteiger partial charge in [-0.2, -0.15) is 0 Å². The van der Waals surface area contributed by atoms with Crippen molar-refractivity contribution in [1.82, 2.24) is 0 Å². The quantitative estimate of drug-likeness (QED) is 0.609. The summed E-state index contributed by atoms with van der Waals surface area (Å²) in [5.41, 5.74) is 5.85. The number of hydrogen-bond donors (Lipinski definition) is 2. The molecule has 3 nitrogen and oxygen atoms in total. The smallest absolute Gasteiger partial charge is 0.0465 e. The molecule has 0 unspecified atom stereocenters. The van der Waals surface area contributed by atoms with Crippen molar-refractivity contribution in [3.05, 3.63) is 29.3 Å². The molecule has 1 aromatic rings. The second-order valence-corrected chi connectivity index (χ2v) is 15.1. The van der Waals surface area contributed by atoms with E-state index in [2.05, 4.69) is 51.0 Å². The van der Waals surface area contributed by atoms with Crippen LogP contribution in [0.15, 0.2) is 18.2 Å². The Kier molecular flexibility index (Phi) is 3.68. The van der Waals surface area contributed by atoms with Crippen molar-refractivity contribution >= 4 is 5.69 Å². The summed E-state index contributed by atoms with van der Waals surface area (Å²) in [6, 6.07) is 7.41. The molecule has 0 amide bonds. The highest BCUT2D eigenvalue weighted by Crippen LogP contribution is 2.95. The Bertz CT molecular complexity index is 1130. The van der Waals surface area contributed by atoms with Crippen LogP contribution in [0.4, 0.5) is 5.69 Å². The fraction of sp³-hybridized carbons (Fsp3) is 0.812. The van der Waals surface area contributed by atoms with Crippen molar-refractivity contribution in [3.63, 3.8) is 0 Å². The highest BCUT2D eigenvalue weighted by Gasteiger charge is 2.90. The van der Waals surface area contributed by atoms with Gasteiger partial charge in [-0.3, -0.25) is 0 Å². The minimum absolute atomic E-state index is 0.301. The van der Waals surface area contributed by atoms with Gasteiger partial charge in [-0.1, -0.05) is 19.9 Å². The summed E-state index contributed by atoms with van der Waals surface area (Å²) in [7, 11) is 4.36. The average Bonchev–Trinajstić information content (AvgIpc) is 3.63. The summed E-state index contributed by atoms with van der Waals surface area (Å²) in [6.07, 6.45) is 5.53. The van der Waals surface area contributed by atoms with Crippen LogP contribution < -0.4 is 4.90 Å². The summed E-state index contributed by atoms with van der Waals surface area (Å²) in [5, 5.41) is 20.7. The molecule has 2 N–H and O–H groups in total. The van der Waals surface area contributed by atoms with Gasteiger partial charge in [0.05, 0.1) is 0 Å². The van der Waals surface area contributed by atoms with E-state index in [1.165, 1.54) is 31.4 Å². The molecule has 9 aliphatic rings. The zero-order valence-corrected chi connectivity index (χ0v) is 21.9. The first kappa shape index (κ1) is 20.9. The van der Waals surface area contributed by atoms with Crippen LogP contribution >= 0.6 is 0 Å². The largest absolute Gasteiger partial charge is 0.396 e. The predicted octanol–water partition coefficient (Wildman–Crippen LogP) is 4.98. The molecule has 1 aromatic carbocycles. The molecule has 0 aromatic heterocycles. The monoisotopic (exact) mass is 473 g/mol. The van der Waals surface area contributed by atoms with Gasteiger partial charge in [0.15, 0.2) is 0 Å². The van der Waals surface area contributed by atoms with Crippen molar-refractivity contribution in [2.24, 2.45) is 81.8 Å². The Balaban J connectivity index is 1.12. The summed E-state index contributed by atoms with van der Waals surface area (Å²) in [4.78, 5) is 2.28. The molecule has 0 aliphatic heterocycles. The standard InChI is InChI=1S/C32H43NO2/c1-31-27-19-10-20(18-9-14(33(3)4)5-6-15(18)19)28(27)32(31,2)30-22-11-21(29(30)31)25-16-7-8-17(26(22)25)24(13-35)23(16)12-34/h5-6,9,16-17,19-30,34-35H,7-8,10-13H2,1-4H3/t16-,17+,19+,20-,21-,22+,23+,24+,25+,26-,27+,28-,29-,30+,31+,32-/m0/s1. The van der Waals surface area contributed by atoms with Crippen LogP contribution in [0.1, 0.15) is 62.5 Å². The first-order chi connectivity index (χ1) is 16.9. The van der Waals surface area contributed by atoms with E-state index < -0.39 is 0 Å². The van der Waals surface area contributed by atoms with Gasteiger partial charge in [-0.15, -0.1) is 0 Å². The molecule has 16 atom stereocenters. The van der Waals surface area contributed by atoms with Crippen molar-refractivity contribution in [2.45, 2.75) is 51.4 Å². The molecule has 0 radical (unpaired) electrons. The van der Waals surface area contributed by atoms with Crippen LogP contribution in [0.3, 0.4) is 0 Å². The van der Waals surface area contributed by atoms with Crippen LogP contribution in [-0.2, 0) is 0 Å². The highest BCUT2D eigenvalue weighted by molar-refractivity contribution is 5.58. The molecular formula is C32H43NO2. The number of fused-ring (bicyclic) bond motifs is 20. The van der Waals surface area contributed by atoms with Gasteiger partial charge in [0.1, 0.15) is 0 Å². The van der Waals surface area contributed by atoms with Gasteiger partial charge < -0.3 is 15.1 Å². The van der Waals surface area contributed by atoms with E-state index in [9.17, 15) is 10.2 Å². The molecule has 8 fully saturated rings. The highest BCUT2D eigenvalue weighted by atomic mass is 16.3. The summed E-state index contributed by atoms with van der Waals surface area (Å²) >= 11 is 0. The summed E-state index contributed by atoms with van der Waals surface area (Å²) in [5.74, 6) is 10.9. The number of rotatable bonds is 3. The fourth-order valence-corrected chi connectivity index (χ4v) is 14.8. The zero-order valence-electron chi connectivity index (χ0n) is 21.9. The zero-order chi connectivity index (χ0) is 23.8. The van der Waals surface area contributed by atoms with E-state index in [1.807, 2.05) is 0 Å². The summed E-state index contributed by atoms with van der Waals surface area (Å²) < 4.78 is 0. The number of benzene rings is 1. The van der Waals surface area contributed by atoms with Gasteiger partial charge in [-0.05, 0) is 143 Å². The fourth-order valence-electron chi connectivity index (χ4n) is 14.8. The molecule has 8 saturated carbocycles. The average molecular weight is 474 g/mol. The van der Waals surface area contributed by atoms with E-state index in [4.69, 9.17) is 0 Å². The third-order valence-electron chi connectivity index (χ3n) is 15.3. The molecule has 188 valence electrons. The number of hydrogen-bond acceptors (Lipinski definition) is 3. The molecule has 0 spiro atoms. The topological polar surface area (TPSA) is 43.7 Å². The lowest BCUT2D eigenvalue weighted by Gasteiger charge is -2.85. The Morgan fingerprint density at radius 2 is 1.29 bits per heavy atom. The summed E-state index contributed by atoms with van der Waals surface area (Å²) in [6.45, 7) is 6.11. The number of aliphatic hydroxyl groups excluding tert-OH is 2. The molecule has 3 heteroatoms. The first-order valence-electron chi connectivity index (χ1n) is 14.9. The van der Waals surface area contributed by atoms with Gasteiger partial charge in [0, 0.05) is 33.0 Å². The lowest BCUT2D eigenvalue weighted by atomic mass is 9.18. The minimum Gasteiger partial charge on any atom is -0.396 e. The van der Waals surface area contributed by atoms with Gasteiger partial charge in [-0.25, -0.2) is 0 Å². The number of nitrogens with zero attached hydrogens (tertiary/aromatic N) is 1. The number of anilines is 1. The lowest BCUT2D eigenvalue weighted by Crippen LogP contribution is -2.81. The number of aliphatic hydroxyl groups is 2. The second-order valence-electron chi connectivity index (χ2n) is 15.1.